The summed E-state index contributed by atoms with van der Waals surface area (Å²) < 4.78 is 5.31. The Morgan fingerprint density at radius 1 is 1.41 bits per heavy atom. The van der Waals surface area contributed by atoms with Crippen LogP contribution in [0.5, 0.6) is 5.75 Å². The van der Waals surface area contributed by atoms with Crippen molar-refractivity contribution in [1.29, 1.82) is 0 Å². The van der Waals surface area contributed by atoms with E-state index in [0.29, 0.717) is 15.9 Å². The fraction of sp³-hybridized carbons (Fsp3) is 0. The Labute approximate surface area is 110 Å². The van der Waals surface area contributed by atoms with E-state index in [9.17, 15) is 9.90 Å². The quantitative estimate of drug-likeness (QED) is 0.889. The lowest BCUT2D eigenvalue weighted by molar-refractivity contribution is 0.102. The fourth-order valence-electron chi connectivity index (χ4n) is 1.24. The number of rotatable bonds is 2. The Balaban J connectivity index is 2.19. The van der Waals surface area contributed by atoms with Crippen molar-refractivity contribution in [1.82, 2.24) is 0 Å². The van der Waals surface area contributed by atoms with Gasteiger partial charge in [0, 0.05) is 11.8 Å². The number of anilines is 1. The third-order valence-corrected chi connectivity index (χ3v) is 3.00. The summed E-state index contributed by atoms with van der Waals surface area (Å²) in [6.07, 6.45) is 1.40. The lowest BCUT2D eigenvalue weighted by atomic mass is 10.2. The SMILES string of the molecule is O=C(Nc1ccc(Cl)c(O)c1)c1ccoc1Br. The Hall–Kier alpha value is -1.46. The number of carbonyl (C=O) groups excluding carboxylic acids is 1. The summed E-state index contributed by atoms with van der Waals surface area (Å²) >= 11 is 8.77. The number of hydrogen-bond donors (Lipinski definition) is 2. The van der Waals surface area contributed by atoms with Crippen molar-refractivity contribution in [3.8, 4) is 5.75 Å². The minimum absolute atomic E-state index is 0.0873. The zero-order chi connectivity index (χ0) is 12.4. The number of carbonyl (C=O) groups is 1. The van der Waals surface area contributed by atoms with Crippen LogP contribution in [0.4, 0.5) is 5.69 Å². The summed E-state index contributed by atoms with van der Waals surface area (Å²) in [4.78, 5) is 11.8. The molecule has 17 heavy (non-hydrogen) atoms. The summed E-state index contributed by atoms with van der Waals surface area (Å²) in [5, 5.41) is 12.2. The number of hydrogen-bond acceptors (Lipinski definition) is 3. The zero-order valence-electron chi connectivity index (χ0n) is 8.41. The maximum Gasteiger partial charge on any atom is 0.260 e. The van der Waals surface area contributed by atoms with Crippen LogP contribution >= 0.6 is 27.5 Å². The van der Waals surface area contributed by atoms with Crippen molar-refractivity contribution in [2.75, 3.05) is 5.32 Å². The second-order valence-electron chi connectivity index (χ2n) is 3.23. The average Bonchev–Trinajstić information content (AvgIpc) is 2.70. The minimum Gasteiger partial charge on any atom is -0.506 e. The lowest BCUT2D eigenvalue weighted by Gasteiger charge is -2.05. The van der Waals surface area contributed by atoms with Crippen molar-refractivity contribution >= 4 is 39.1 Å². The number of benzene rings is 1. The summed E-state index contributed by atoms with van der Waals surface area (Å²) in [7, 11) is 0. The molecule has 0 saturated heterocycles. The number of amides is 1. The van der Waals surface area contributed by atoms with Crippen molar-refractivity contribution in [2.24, 2.45) is 0 Å². The molecule has 1 amide bonds. The normalized spacial score (nSPS) is 10.2. The molecule has 2 rings (SSSR count). The first-order valence-corrected chi connectivity index (χ1v) is 5.78. The Bertz CT molecular complexity index is 568. The monoisotopic (exact) mass is 315 g/mol. The van der Waals surface area contributed by atoms with E-state index in [0.717, 1.165) is 0 Å². The topological polar surface area (TPSA) is 62.5 Å². The summed E-state index contributed by atoms with van der Waals surface area (Å²) in [5.41, 5.74) is 0.824. The summed E-state index contributed by atoms with van der Waals surface area (Å²) in [5.74, 6) is -0.428. The van der Waals surface area contributed by atoms with Crippen LogP contribution in [0.2, 0.25) is 5.02 Å². The van der Waals surface area contributed by atoms with Gasteiger partial charge in [0.1, 0.15) is 5.75 Å². The van der Waals surface area contributed by atoms with Gasteiger partial charge >= 0.3 is 0 Å². The summed E-state index contributed by atoms with van der Waals surface area (Å²) in [6.45, 7) is 0. The van der Waals surface area contributed by atoms with Crippen LogP contribution in [0.1, 0.15) is 10.4 Å². The highest BCUT2D eigenvalue weighted by molar-refractivity contribution is 9.10. The van der Waals surface area contributed by atoms with Gasteiger partial charge < -0.3 is 14.8 Å². The van der Waals surface area contributed by atoms with Gasteiger partial charge in [-0.15, -0.1) is 0 Å². The van der Waals surface area contributed by atoms with E-state index in [2.05, 4.69) is 21.2 Å². The second kappa shape index (κ2) is 4.81. The van der Waals surface area contributed by atoms with Gasteiger partial charge in [-0.05, 0) is 34.1 Å². The van der Waals surface area contributed by atoms with Crippen LogP contribution in [-0.2, 0) is 0 Å². The first kappa shape index (κ1) is 12.0. The first-order valence-electron chi connectivity index (χ1n) is 4.61. The number of nitrogens with one attached hydrogen (secondary N) is 1. The first-order chi connectivity index (χ1) is 8.08. The zero-order valence-corrected chi connectivity index (χ0v) is 10.7. The Morgan fingerprint density at radius 2 is 2.18 bits per heavy atom. The van der Waals surface area contributed by atoms with Gasteiger partial charge in [0.2, 0.25) is 0 Å². The molecule has 1 aromatic carbocycles. The molecule has 0 bridgehead atoms. The molecule has 2 aromatic rings. The number of phenolic OH excluding ortho intramolecular Hbond substituents is 1. The maximum absolute atomic E-state index is 11.8. The molecule has 0 aliphatic carbocycles. The average molecular weight is 317 g/mol. The van der Waals surface area contributed by atoms with Gasteiger partial charge in [-0.25, -0.2) is 0 Å². The van der Waals surface area contributed by atoms with Crippen molar-refractivity contribution in [3.05, 3.63) is 45.8 Å². The Kier molecular flexibility index (Phi) is 3.40. The maximum atomic E-state index is 11.8. The molecule has 0 unspecified atom stereocenters. The Morgan fingerprint density at radius 3 is 2.76 bits per heavy atom. The number of aromatic hydroxyl groups is 1. The minimum atomic E-state index is -0.340. The third-order valence-electron chi connectivity index (χ3n) is 2.07. The smallest absolute Gasteiger partial charge is 0.260 e. The van der Waals surface area contributed by atoms with Crippen molar-refractivity contribution in [3.63, 3.8) is 0 Å². The molecular weight excluding hydrogens is 309 g/mol. The molecule has 0 aliphatic rings. The van der Waals surface area contributed by atoms with Crippen LogP contribution in [-0.4, -0.2) is 11.0 Å². The van der Waals surface area contributed by atoms with Gasteiger partial charge in [-0.3, -0.25) is 4.79 Å². The fourth-order valence-corrected chi connectivity index (χ4v) is 1.78. The molecule has 6 heteroatoms. The highest BCUT2D eigenvalue weighted by Gasteiger charge is 2.13. The molecule has 1 aromatic heterocycles. The number of halogens is 2. The van der Waals surface area contributed by atoms with Crippen LogP contribution < -0.4 is 5.32 Å². The van der Waals surface area contributed by atoms with Crippen LogP contribution in [0, 0.1) is 0 Å². The highest BCUT2D eigenvalue weighted by Crippen LogP contribution is 2.27. The van der Waals surface area contributed by atoms with E-state index >= 15 is 0 Å². The molecule has 88 valence electrons. The van der Waals surface area contributed by atoms with E-state index in [1.165, 1.54) is 24.5 Å². The largest absolute Gasteiger partial charge is 0.506 e. The van der Waals surface area contributed by atoms with Gasteiger partial charge in [0.05, 0.1) is 16.8 Å². The molecule has 0 spiro atoms. The van der Waals surface area contributed by atoms with Gasteiger partial charge in [-0.1, -0.05) is 11.6 Å². The van der Waals surface area contributed by atoms with Gasteiger partial charge in [-0.2, -0.15) is 0 Å². The number of phenols is 1. The second-order valence-corrected chi connectivity index (χ2v) is 4.36. The predicted molar refractivity (Wildman–Crippen MR) is 67.5 cm³/mol. The lowest BCUT2D eigenvalue weighted by Crippen LogP contribution is -2.11. The molecule has 0 atom stereocenters. The summed E-state index contributed by atoms with van der Waals surface area (Å²) in [6, 6.07) is 5.99. The third kappa shape index (κ3) is 2.62. The molecular formula is C11H7BrClNO3. The van der Waals surface area contributed by atoms with Crippen LogP contribution in [0.25, 0.3) is 0 Å². The van der Waals surface area contributed by atoms with Crippen LogP contribution in [0.3, 0.4) is 0 Å². The molecule has 0 radical (unpaired) electrons. The van der Waals surface area contributed by atoms with Crippen LogP contribution in [0.15, 0.2) is 39.6 Å². The van der Waals surface area contributed by atoms with E-state index < -0.39 is 0 Å². The molecule has 0 saturated carbocycles. The van der Waals surface area contributed by atoms with E-state index in [1.807, 2.05) is 0 Å². The molecule has 2 N–H and O–H groups in total. The predicted octanol–water partition coefficient (Wildman–Crippen LogP) is 3.65. The van der Waals surface area contributed by atoms with Gasteiger partial charge in [0.25, 0.3) is 5.91 Å². The molecule has 0 fully saturated rings. The molecule has 1 heterocycles. The van der Waals surface area contributed by atoms with Crippen molar-refractivity contribution < 1.29 is 14.3 Å². The van der Waals surface area contributed by atoms with E-state index in [4.69, 9.17) is 16.0 Å². The van der Waals surface area contributed by atoms with E-state index in [1.54, 1.807) is 6.07 Å². The molecule has 4 nitrogen and oxygen atoms in total. The standard InChI is InChI=1S/C11H7BrClNO3/c12-10-7(3-4-17-10)11(16)14-6-1-2-8(13)9(15)5-6/h1-5,15H,(H,14,16). The van der Waals surface area contributed by atoms with E-state index in [-0.39, 0.29) is 16.7 Å². The molecule has 0 aliphatic heterocycles. The van der Waals surface area contributed by atoms with Gasteiger partial charge in [0.15, 0.2) is 4.67 Å². The van der Waals surface area contributed by atoms with Crippen molar-refractivity contribution in [2.45, 2.75) is 0 Å². The highest BCUT2D eigenvalue weighted by atomic mass is 79.9. The number of furan rings is 1.